The molecule has 26 heavy (non-hydrogen) atoms. The first-order valence-electron chi connectivity index (χ1n) is 9.74. The number of ketones is 1. The second kappa shape index (κ2) is 6.31. The molecule has 132 valence electrons. The van der Waals surface area contributed by atoms with Crippen molar-refractivity contribution in [2.24, 2.45) is 0 Å². The normalized spacial score (nSPS) is 24.5. The van der Waals surface area contributed by atoms with Crippen LogP contribution in [0.15, 0.2) is 60.7 Å². The number of hydrogen-bond donors (Lipinski definition) is 0. The van der Waals surface area contributed by atoms with Crippen molar-refractivity contribution in [2.45, 2.75) is 37.8 Å². The number of carbonyl (C=O) groups excluding carboxylic acids is 1. The minimum absolute atomic E-state index is 0.109. The molecule has 3 heteroatoms. The van der Waals surface area contributed by atoms with Crippen LogP contribution in [0.1, 0.15) is 24.0 Å². The number of anilines is 2. The van der Waals surface area contributed by atoms with Crippen LogP contribution in [0.5, 0.6) is 0 Å². The van der Waals surface area contributed by atoms with E-state index in [0.29, 0.717) is 0 Å². The largest absolute Gasteiger partial charge is 0.362 e. The molecule has 0 N–H and O–H groups in total. The zero-order valence-corrected chi connectivity index (χ0v) is 15.0. The van der Waals surface area contributed by atoms with Gasteiger partial charge >= 0.3 is 0 Å². The topological polar surface area (TPSA) is 23.6 Å². The zero-order valence-electron chi connectivity index (χ0n) is 15.0. The van der Waals surface area contributed by atoms with Crippen molar-refractivity contribution < 1.29 is 4.79 Å². The maximum atomic E-state index is 12.9. The highest BCUT2D eigenvalue weighted by molar-refractivity contribution is 6.01. The maximum Gasteiger partial charge on any atom is 0.180 e. The second-order valence-corrected chi connectivity index (χ2v) is 7.55. The maximum absolute atomic E-state index is 12.9. The third-order valence-corrected chi connectivity index (χ3v) is 6.06. The predicted octanol–water partition coefficient (Wildman–Crippen LogP) is 3.77. The van der Waals surface area contributed by atoms with Crippen LogP contribution in [-0.4, -0.2) is 31.0 Å². The smallest absolute Gasteiger partial charge is 0.180 e. The van der Waals surface area contributed by atoms with Gasteiger partial charge < -0.3 is 9.80 Å². The highest BCUT2D eigenvalue weighted by atomic mass is 16.1. The van der Waals surface area contributed by atoms with Crippen LogP contribution >= 0.6 is 0 Å². The van der Waals surface area contributed by atoms with Gasteiger partial charge in [-0.3, -0.25) is 4.79 Å². The molecule has 0 fully saturated rings. The van der Waals surface area contributed by atoms with E-state index in [1.807, 2.05) is 6.08 Å². The molecule has 0 saturated heterocycles. The monoisotopic (exact) mass is 344 g/mol. The lowest BCUT2D eigenvalue weighted by Crippen LogP contribution is -2.54. The van der Waals surface area contributed by atoms with Crippen LogP contribution in [0.25, 0.3) is 0 Å². The second-order valence-electron chi connectivity index (χ2n) is 7.55. The van der Waals surface area contributed by atoms with E-state index in [2.05, 4.69) is 64.4 Å². The van der Waals surface area contributed by atoms with Crippen LogP contribution in [-0.2, 0) is 17.6 Å². The first-order chi connectivity index (χ1) is 12.8. The van der Waals surface area contributed by atoms with Crippen LogP contribution in [0, 0.1) is 0 Å². The van der Waals surface area contributed by atoms with Crippen molar-refractivity contribution in [3.05, 3.63) is 71.8 Å². The Morgan fingerprint density at radius 1 is 0.769 bits per heavy atom. The third-order valence-electron chi connectivity index (χ3n) is 6.06. The highest BCUT2D eigenvalue weighted by Crippen LogP contribution is 2.36. The van der Waals surface area contributed by atoms with Gasteiger partial charge in [0.05, 0.1) is 6.04 Å². The standard InChI is InChI=1S/C23H24N2O/c26-22-14-13-21(24-15-5-9-17-7-1-3-11-19(17)24)23(22)25-16-6-10-18-8-2-4-12-20(18)25/h1-4,7-8,11-14,21,23H,5-6,9-10,15-16H2. The fraction of sp³-hybridized carbons (Fsp3) is 0.348. The molecule has 2 aliphatic heterocycles. The van der Waals surface area contributed by atoms with Gasteiger partial charge in [-0.05, 0) is 55.0 Å². The molecule has 2 atom stereocenters. The Bertz CT molecular complexity index is 872. The molecule has 3 nitrogen and oxygen atoms in total. The summed E-state index contributed by atoms with van der Waals surface area (Å²) < 4.78 is 0. The van der Waals surface area contributed by atoms with E-state index in [9.17, 15) is 4.79 Å². The van der Waals surface area contributed by atoms with Crippen molar-refractivity contribution >= 4 is 17.2 Å². The Balaban J connectivity index is 1.53. The summed E-state index contributed by atoms with van der Waals surface area (Å²) >= 11 is 0. The Morgan fingerprint density at radius 2 is 1.35 bits per heavy atom. The van der Waals surface area contributed by atoms with Gasteiger partial charge in [0.1, 0.15) is 6.04 Å². The number of hydrogen-bond acceptors (Lipinski definition) is 3. The van der Waals surface area contributed by atoms with Crippen molar-refractivity contribution in [1.82, 2.24) is 0 Å². The van der Waals surface area contributed by atoms with Gasteiger partial charge in [-0.15, -0.1) is 0 Å². The molecule has 2 aromatic rings. The molecule has 0 radical (unpaired) electrons. The SMILES string of the molecule is O=C1C=CC(N2CCCc3ccccc32)C1N1CCCc2ccccc21. The minimum Gasteiger partial charge on any atom is -0.362 e. The molecule has 2 unspecified atom stereocenters. The molecule has 2 aromatic carbocycles. The number of rotatable bonds is 2. The highest BCUT2D eigenvalue weighted by Gasteiger charge is 2.41. The molecule has 0 bridgehead atoms. The van der Waals surface area contributed by atoms with Gasteiger partial charge in [0.25, 0.3) is 0 Å². The molecule has 1 aliphatic carbocycles. The fourth-order valence-electron chi connectivity index (χ4n) is 4.90. The van der Waals surface area contributed by atoms with E-state index < -0.39 is 0 Å². The van der Waals surface area contributed by atoms with Crippen LogP contribution < -0.4 is 9.80 Å². The van der Waals surface area contributed by atoms with Crippen LogP contribution in [0.3, 0.4) is 0 Å². The lowest BCUT2D eigenvalue weighted by Gasteiger charge is -2.43. The van der Waals surface area contributed by atoms with Crippen molar-refractivity contribution in [3.8, 4) is 0 Å². The van der Waals surface area contributed by atoms with E-state index in [1.54, 1.807) is 0 Å². The zero-order chi connectivity index (χ0) is 17.5. The van der Waals surface area contributed by atoms with Gasteiger partial charge in [-0.2, -0.15) is 0 Å². The average molecular weight is 344 g/mol. The van der Waals surface area contributed by atoms with Gasteiger partial charge in [0.15, 0.2) is 5.78 Å². The Kier molecular flexibility index (Phi) is 3.81. The first-order valence-corrected chi connectivity index (χ1v) is 9.74. The van der Waals surface area contributed by atoms with E-state index in [4.69, 9.17) is 0 Å². The molecule has 3 aliphatic rings. The summed E-state index contributed by atoms with van der Waals surface area (Å²) in [5.74, 6) is 0.245. The minimum atomic E-state index is -0.109. The molecular weight excluding hydrogens is 320 g/mol. The lowest BCUT2D eigenvalue weighted by atomic mass is 9.95. The van der Waals surface area contributed by atoms with Gasteiger partial charge in [0.2, 0.25) is 0 Å². The predicted molar refractivity (Wildman–Crippen MR) is 106 cm³/mol. The van der Waals surface area contributed by atoms with E-state index in [1.165, 1.54) is 22.5 Å². The van der Waals surface area contributed by atoms with Crippen molar-refractivity contribution in [1.29, 1.82) is 0 Å². The van der Waals surface area contributed by atoms with E-state index in [0.717, 1.165) is 38.8 Å². The molecule has 5 rings (SSSR count). The summed E-state index contributed by atoms with van der Waals surface area (Å²) in [6.45, 7) is 1.98. The summed E-state index contributed by atoms with van der Waals surface area (Å²) in [5, 5.41) is 0. The van der Waals surface area contributed by atoms with Gasteiger partial charge in [0, 0.05) is 24.5 Å². The number of fused-ring (bicyclic) bond motifs is 2. The Morgan fingerprint density at radius 3 is 2.04 bits per heavy atom. The molecular formula is C23H24N2O. The fourth-order valence-corrected chi connectivity index (χ4v) is 4.90. The van der Waals surface area contributed by atoms with E-state index >= 15 is 0 Å². The van der Waals surface area contributed by atoms with Crippen LogP contribution in [0.4, 0.5) is 11.4 Å². The number of nitrogens with zero attached hydrogens (tertiary/aromatic N) is 2. The van der Waals surface area contributed by atoms with Crippen molar-refractivity contribution in [2.75, 3.05) is 22.9 Å². The molecule has 0 aromatic heterocycles. The average Bonchev–Trinajstić information content (AvgIpc) is 3.08. The summed E-state index contributed by atoms with van der Waals surface area (Å²) in [6, 6.07) is 17.3. The number of para-hydroxylation sites is 2. The Hall–Kier alpha value is -2.55. The van der Waals surface area contributed by atoms with Gasteiger partial charge in [-0.25, -0.2) is 0 Å². The van der Waals surface area contributed by atoms with E-state index in [-0.39, 0.29) is 17.9 Å². The number of benzene rings is 2. The summed E-state index contributed by atoms with van der Waals surface area (Å²) in [7, 11) is 0. The number of aryl methyl sites for hydroxylation is 2. The third kappa shape index (κ3) is 2.45. The van der Waals surface area contributed by atoms with Gasteiger partial charge in [-0.1, -0.05) is 42.5 Å². The molecule has 0 saturated carbocycles. The Labute approximate surface area is 154 Å². The molecule has 0 amide bonds. The summed E-state index contributed by atoms with van der Waals surface area (Å²) in [5.41, 5.74) is 5.33. The lowest BCUT2D eigenvalue weighted by molar-refractivity contribution is -0.115. The quantitative estimate of drug-likeness (QED) is 0.829. The summed E-state index contributed by atoms with van der Waals surface area (Å²) in [4.78, 5) is 17.7. The van der Waals surface area contributed by atoms with Crippen LogP contribution in [0.2, 0.25) is 0 Å². The molecule has 0 spiro atoms. The number of carbonyl (C=O) groups is 1. The summed E-state index contributed by atoms with van der Waals surface area (Å²) in [6.07, 6.45) is 8.45. The van der Waals surface area contributed by atoms with Crippen molar-refractivity contribution in [3.63, 3.8) is 0 Å². The molecule has 2 heterocycles. The first kappa shape index (κ1) is 15.7.